The van der Waals surface area contributed by atoms with E-state index in [2.05, 4.69) is 22.2 Å². The van der Waals surface area contributed by atoms with Gasteiger partial charge in [0.15, 0.2) is 6.61 Å². The molecular weight excluding hydrogens is 314 g/mol. The van der Waals surface area contributed by atoms with Crippen molar-refractivity contribution in [1.82, 2.24) is 15.1 Å². The molecule has 1 aromatic carbocycles. The number of carbonyl (C=O) groups is 1. The summed E-state index contributed by atoms with van der Waals surface area (Å²) >= 11 is 5.96. The lowest BCUT2D eigenvalue weighted by atomic mass is 10.2. The molecule has 1 saturated heterocycles. The zero-order valence-corrected chi connectivity index (χ0v) is 14.7. The lowest BCUT2D eigenvalue weighted by molar-refractivity contribution is -0.123. The summed E-state index contributed by atoms with van der Waals surface area (Å²) in [7, 11) is 2.15. The molecule has 0 atom stereocenters. The first-order valence-corrected chi connectivity index (χ1v) is 8.49. The van der Waals surface area contributed by atoms with Crippen LogP contribution in [0.2, 0.25) is 5.02 Å². The molecule has 0 radical (unpaired) electrons. The Bertz CT molecular complexity index is 517. The van der Waals surface area contributed by atoms with Crippen LogP contribution in [0.5, 0.6) is 5.75 Å². The predicted octanol–water partition coefficient (Wildman–Crippen LogP) is 1.78. The Labute approximate surface area is 143 Å². The standard InChI is InChI=1S/C17H26ClN3O2/c1-14-12-15(4-5-16(14)18)23-13-17(22)19-6-3-7-21-10-8-20(2)9-11-21/h4-5,12H,3,6-11,13H2,1-2H3,(H,19,22). The van der Waals surface area contributed by atoms with Crippen LogP contribution in [0.4, 0.5) is 0 Å². The van der Waals surface area contributed by atoms with Crippen LogP contribution < -0.4 is 10.1 Å². The topological polar surface area (TPSA) is 44.8 Å². The molecule has 0 aliphatic carbocycles. The van der Waals surface area contributed by atoms with Gasteiger partial charge >= 0.3 is 0 Å². The number of likely N-dealkylation sites (N-methyl/N-ethyl adjacent to an activating group) is 1. The number of carbonyl (C=O) groups excluding carboxylic acids is 1. The summed E-state index contributed by atoms with van der Waals surface area (Å²) in [5.74, 6) is 0.579. The van der Waals surface area contributed by atoms with Crippen LogP contribution in [0.15, 0.2) is 18.2 Å². The SMILES string of the molecule is Cc1cc(OCC(=O)NCCCN2CCN(C)CC2)ccc1Cl. The highest BCUT2D eigenvalue weighted by Crippen LogP contribution is 2.20. The highest BCUT2D eigenvalue weighted by atomic mass is 35.5. The molecule has 0 spiro atoms. The number of amides is 1. The maximum atomic E-state index is 11.8. The largest absolute Gasteiger partial charge is 0.484 e. The number of nitrogens with zero attached hydrogens (tertiary/aromatic N) is 2. The molecule has 1 aliphatic rings. The van der Waals surface area contributed by atoms with Crippen LogP contribution in [0, 0.1) is 6.92 Å². The molecule has 2 rings (SSSR count). The third-order valence-corrected chi connectivity index (χ3v) is 4.49. The van der Waals surface area contributed by atoms with E-state index in [1.807, 2.05) is 13.0 Å². The van der Waals surface area contributed by atoms with Gasteiger partial charge in [-0.15, -0.1) is 0 Å². The fourth-order valence-electron chi connectivity index (χ4n) is 2.51. The van der Waals surface area contributed by atoms with E-state index in [0.717, 1.165) is 44.7 Å². The minimum Gasteiger partial charge on any atom is -0.484 e. The number of piperazine rings is 1. The van der Waals surface area contributed by atoms with Gasteiger partial charge in [0, 0.05) is 37.7 Å². The molecular formula is C17H26ClN3O2. The summed E-state index contributed by atoms with van der Waals surface area (Å²) in [6, 6.07) is 5.39. The van der Waals surface area contributed by atoms with E-state index in [0.29, 0.717) is 17.3 Å². The second-order valence-corrected chi connectivity index (χ2v) is 6.46. The zero-order valence-electron chi connectivity index (χ0n) is 14.0. The van der Waals surface area contributed by atoms with Gasteiger partial charge in [0.25, 0.3) is 5.91 Å². The second kappa shape index (κ2) is 9.11. The molecule has 1 aliphatic heterocycles. The third-order valence-electron chi connectivity index (χ3n) is 4.07. The van der Waals surface area contributed by atoms with Crippen molar-refractivity contribution < 1.29 is 9.53 Å². The minimum atomic E-state index is -0.0871. The smallest absolute Gasteiger partial charge is 0.257 e. The predicted molar refractivity (Wildman–Crippen MR) is 93.2 cm³/mol. The van der Waals surface area contributed by atoms with E-state index in [-0.39, 0.29) is 12.5 Å². The van der Waals surface area contributed by atoms with Crippen LogP contribution in [-0.2, 0) is 4.79 Å². The zero-order chi connectivity index (χ0) is 16.7. The van der Waals surface area contributed by atoms with Crippen LogP contribution >= 0.6 is 11.6 Å². The van der Waals surface area contributed by atoms with Gasteiger partial charge in [-0.2, -0.15) is 0 Å². The average Bonchev–Trinajstić information content (AvgIpc) is 2.54. The third kappa shape index (κ3) is 6.37. The normalized spacial score (nSPS) is 16.3. The molecule has 1 heterocycles. The van der Waals surface area contributed by atoms with Crippen LogP contribution in [0.3, 0.4) is 0 Å². The molecule has 1 aromatic rings. The van der Waals surface area contributed by atoms with Gasteiger partial charge < -0.3 is 19.9 Å². The molecule has 1 fully saturated rings. The van der Waals surface area contributed by atoms with Gasteiger partial charge in [0.05, 0.1) is 0 Å². The fraction of sp³-hybridized carbons (Fsp3) is 0.588. The summed E-state index contributed by atoms with van der Waals surface area (Å²) in [6.07, 6.45) is 0.968. The van der Waals surface area contributed by atoms with E-state index in [1.54, 1.807) is 12.1 Å². The first-order valence-electron chi connectivity index (χ1n) is 8.11. The Morgan fingerprint density at radius 3 is 2.74 bits per heavy atom. The van der Waals surface area contributed by atoms with Crippen LogP contribution in [-0.4, -0.2) is 68.6 Å². The summed E-state index contributed by atoms with van der Waals surface area (Å²) in [5.41, 5.74) is 0.941. The van der Waals surface area contributed by atoms with Crippen molar-refractivity contribution in [2.75, 3.05) is 52.9 Å². The van der Waals surface area contributed by atoms with Crippen molar-refractivity contribution in [3.05, 3.63) is 28.8 Å². The van der Waals surface area contributed by atoms with Gasteiger partial charge in [-0.1, -0.05) is 11.6 Å². The van der Waals surface area contributed by atoms with Gasteiger partial charge in [-0.05, 0) is 50.7 Å². The molecule has 0 saturated carbocycles. The molecule has 0 unspecified atom stereocenters. The first-order chi connectivity index (χ1) is 11.0. The van der Waals surface area contributed by atoms with Crippen molar-refractivity contribution in [3.63, 3.8) is 0 Å². The number of hydrogen-bond donors (Lipinski definition) is 1. The molecule has 0 bridgehead atoms. The number of halogens is 1. The number of ether oxygens (including phenoxy) is 1. The molecule has 128 valence electrons. The summed E-state index contributed by atoms with van der Waals surface area (Å²) in [5, 5.41) is 3.60. The van der Waals surface area contributed by atoms with Crippen LogP contribution in [0.1, 0.15) is 12.0 Å². The summed E-state index contributed by atoms with van der Waals surface area (Å²) in [6.45, 7) is 8.15. The first kappa shape index (κ1) is 18.0. The van der Waals surface area contributed by atoms with Crippen molar-refractivity contribution in [2.45, 2.75) is 13.3 Å². The van der Waals surface area contributed by atoms with Crippen molar-refractivity contribution in [3.8, 4) is 5.75 Å². The van der Waals surface area contributed by atoms with Crippen LogP contribution in [0.25, 0.3) is 0 Å². The highest BCUT2D eigenvalue weighted by molar-refractivity contribution is 6.31. The van der Waals surface area contributed by atoms with Crippen molar-refractivity contribution in [1.29, 1.82) is 0 Å². The number of aryl methyl sites for hydroxylation is 1. The summed E-state index contributed by atoms with van der Waals surface area (Å²) in [4.78, 5) is 16.6. The molecule has 5 nitrogen and oxygen atoms in total. The van der Waals surface area contributed by atoms with E-state index in [9.17, 15) is 4.79 Å². The van der Waals surface area contributed by atoms with Crippen molar-refractivity contribution >= 4 is 17.5 Å². The quantitative estimate of drug-likeness (QED) is 0.769. The Hall–Kier alpha value is -1.30. The van der Waals surface area contributed by atoms with Gasteiger partial charge in [0.1, 0.15) is 5.75 Å². The van der Waals surface area contributed by atoms with E-state index < -0.39 is 0 Å². The Balaban J connectivity index is 1.57. The number of hydrogen-bond acceptors (Lipinski definition) is 4. The Kier molecular flexibility index (Phi) is 7.15. The van der Waals surface area contributed by atoms with Gasteiger partial charge in [0.2, 0.25) is 0 Å². The molecule has 0 aromatic heterocycles. The second-order valence-electron chi connectivity index (χ2n) is 6.05. The number of rotatable bonds is 7. The number of nitrogens with one attached hydrogen (secondary N) is 1. The van der Waals surface area contributed by atoms with E-state index in [1.165, 1.54) is 0 Å². The monoisotopic (exact) mass is 339 g/mol. The Morgan fingerprint density at radius 1 is 1.30 bits per heavy atom. The lowest BCUT2D eigenvalue weighted by Crippen LogP contribution is -2.45. The summed E-state index contributed by atoms with van der Waals surface area (Å²) < 4.78 is 5.48. The maximum absolute atomic E-state index is 11.8. The van der Waals surface area contributed by atoms with E-state index >= 15 is 0 Å². The molecule has 23 heavy (non-hydrogen) atoms. The highest BCUT2D eigenvalue weighted by Gasteiger charge is 2.12. The lowest BCUT2D eigenvalue weighted by Gasteiger charge is -2.32. The fourth-order valence-corrected chi connectivity index (χ4v) is 2.63. The average molecular weight is 340 g/mol. The maximum Gasteiger partial charge on any atom is 0.257 e. The van der Waals surface area contributed by atoms with Gasteiger partial charge in [-0.25, -0.2) is 0 Å². The van der Waals surface area contributed by atoms with Crippen molar-refractivity contribution in [2.24, 2.45) is 0 Å². The minimum absolute atomic E-state index is 0.0373. The van der Waals surface area contributed by atoms with E-state index in [4.69, 9.17) is 16.3 Å². The Morgan fingerprint density at radius 2 is 2.04 bits per heavy atom. The molecule has 1 amide bonds. The number of benzene rings is 1. The molecule has 1 N–H and O–H groups in total. The van der Waals surface area contributed by atoms with Gasteiger partial charge in [-0.3, -0.25) is 4.79 Å². The molecule has 6 heteroatoms.